The molecule has 0 heterocycles. The Bertz CT molecular complexity index is 380. The van der Waals surface area contributed by atoms with E-state index in [1.165, 1.54) is 0 Å². The van der Waals surface area contributed by atoms with Gasteiger partial charge in [0.05, 0.1) is 0 Å². The molecule has 5 nitrogen and oxygen atoms in total. The first kappa shape index (κ1) is 14.6. The van der Waals surface area contributed by atoms with Crippen LogP contribution < -0.4 is 0 Å². The quantitative estimate of drug-likeness (QED) is 0.650. The standard InChI is InChI=1S/C13H19NO4/c1-2-3-9-13(12(15)16,14(17)18)10-11-7-5-4-6-8-11/h4-8,17-18H,2-3,9-10H2,1H3,(H,15,16)/t13-/m0/s1. The lowest BCUT2D eigenvalue weighted by molar-refractivity contribution is -0.358. The molecule has 0 fully saturated rings. The lowest BCUT2D eigenvalue weighted by Crippen LogP contribution is -2.53. The van der Waals surface area contributed by atoms with E-state index >= 15 is 0 Å². The van der Waals surface area contributed by atoms with Crippen molar-refractivity contribution in [2.75, 3.05) is 0 Å². The van der Waals surface area contributed by atoms with Crippen LogP contribution >= 0.6 is 0 Å². The number of hydroxylamine groups is 2. The van der Waals surface area contributed by atoms with Crippen LogP contribution in [0.5, 0.6) is 0 Å². The third-order valence-corrected chi connectivity index (χ3v) is 3.06. The van der Waals surface area contributed by atoms with E-state index in [0.29, 0.717) is 6.42 Å². The molecule has 5 heteroatoms. The molecule has 0 saturated heterocycles. The average molecular weight is 253 g/mol. The largest absolute Gasteiger partial charge is 0.480 e. The van der Waals surface area contributed by atoms with E-state index in [0.717, 1.165) is 12.0 Å². The fraction of sp³-hybridized carbons (Fsp3) is 0.462. The Balaban J connectivity index is 2.98. The summed E-state index contributed by atoms with van der Waals surface area (Å²) in [5.74, 6) is -1.23. The minimum Gasteiger partial charge on any atom is -0.480 e. The van der Waals surface area contributed by atoms with E-state index in [2.05, 4.69) is 0 Å². The zero-order valence-corrected chi connectivity index (χ0v) is 10.4. The minimum atomic E-state index is -1.68. The Morgan fingerprint density at radius 3 is 2.33 bits per heavy atom. The lowest BCUT2D eigenvalue weighted by Gasteiger charge is -2.32. The van der Waals surface area contributed by atoms with E-state index in [-0.39, 0.29) is 18.1 Å². The van der Waals surface area contributed by atoms with Crippen LogP contribution in [0.4, 0.5) is 0 Å². The second-order valence-electron chi connectivity index (χ2n) is 4.39. The summed E-state index contributed by atoms with van der Waals surface area (Å²) < 4.78 is 0. The van der Waals surface area contributed by atoms with E-state index in [4.69, 9.17) is 0 Å². The summed E-state index contributed by atoms with van der Waals surface area (Å²) in [6, 6.07) is 8.95. The van der Waals surface area contributed by atoms with Crippen molar-refractivity contribution in [1.29, 1.82) is 0 Å². The molecule has 3 N–H and O–H groups in total. The van der Waals surface area contributed by atoms with Crippen molar-refractivity contribution >= 4 is 5.97 Å². The summed E-state index contributed by atoms with van der Waals surface area (Å²) in [4.78, 5) is 11.4. The van der Waals surface area contributed by atoms with Gasteiger partial charge in [-0.25, -0.2) is 0 Å². The van der Waals surface area contributed by atoms with Gasteiger partial charge in [0.25, 0.3) is 0 Å². The maximum absolute atomic E-state index is 11.4. The fourth-order valence-electron chi connectivity index (χ4n) is 1.93. The second kappa shape index (κ2) is 6.49. The van der Waals surface area contributed by atoms with Gasteiger partial charge < -0.3 is 5.11 Å². The van der Waals surface area contributed by atoms with Crippen LogP contribution in [-0.4, -0.2) is 32.3 Å². The molecule has 18 heavy (non-hydrogen) atoms. The highest BCUT2D eigenvalue weighted by molar-refractivity contribution is 5.78. The van der Waals surface area contributed by atoms with Crippen LogP contribution in [0.1, 0.15) is 31.7 Å². The van der Waals surface area contributed by atoms with Crippen molar-refractivity contribution in [1.82, 2.24) is 5.23 Å². The zero-order chi connectivity index (χ0) is 13.6. The zero-order valence-electron chi connectivity index (χ0n) is 10.4. The first-order chi connectivity index (χ1) is 8.53. The number of carboxylic acids is 1. The average Bonchev–Trinajstić information content (AvgIpc) is 2.35. The van der Waals surface area contributed by atoms with Crippen LogP contribution in [0.15, 0.2) is 30.3 Å². The van der Waals surface area contributed by atoms with Crippen LogP contribution in [-0.2, 0) is 11.2 Å². The highest BCUT2D eigenvalue weighted by atomic mass is 16.8. The summed E-state index contributed by atoms with van der Waals surface area (Å²) in [6.07, 6.45) is 1.63. The molecule has 0 spiro atoms. The maximum atomic E-state index is 11.4. The van der Waals surface area contributed by atoms with Gasteiger partial charge in [0, 0.05) is 6.42 Å². The molecule has 100 valence electrons. The predicted molar refractivity (Wildman–Crippen MR) is 65.4 cm³/mol. The smallest absolute Gasteiger partial charge is 0.329 e. The molecule has 0 aliphatic rings. The molecule has 1 rings (SSSR count). The molecule has 1 aromatic carbocycles. The Morgan fingerprint density at radius 1 is 1.28 bits per heavy atom. The van der Waals surface area contributed by atoms with Crippen LogP contribution in [0.25, 0.3) is 0 Å². The highest BCUT2D eigenvalue weighted by Crippen LogP contribution is 2.25. The van der Waals surface area contributed by atoms with Crippen molar-refractivity contribution in [3.05, 3.63) is 35.9 Å². The molecule has 0 aromatic heterocycles. The van der Waals surface area contributed by atoms with Crippen molar-refractivity contribution in [2.24, 2.45) is 0 Å². The van der Waals surface area contributed by atoms with Gasteiger partial charge in [-0.2, -0.15) is 0 Å². The molecule has 0 saturated carbocycles. The predicted octanol–water partition coefficient (Wildman–Crippen LogP) is 2.32. The number of benzene rings is 1. The van der Waals surface area contributed by atoms with Crippen LogP contribution in [0.3, 0.4) is 0 Å². The van der Waals surface area contributed by atoms with Gasteiger partial charge in [0.1, 0.15) is 0 Å². The fourth-order valence-corrected chi connectivity index (χ4v) is 1.93. The Hall–Kier alpha value is -1.43. The molecular formula is C13H19NO4. The van der Waals surface area contributed by atoms with Gasteiger partial charge in [0.2, 0.25) is 0 Å². The Kier molecular flexibility index (Phi) is 5.27. The Morgan fingerprint density at radius 2 is 1.89 bits per heavy atom. The summed E-state index contributed by atoms with van der Waals surface area (Å²) in [5, 5.41) is 27.8. The molecule has 0 radical (unpaired) electrons. The number of carboxylic acid groups (broad SMARTS) is 1. The van der Waals surface area contributed by atoms with Crippen molar-refractivity contribution in [3.63, 3.8) is 0 Å². The third kappa shape index (κ3) is 3.29. The number of hydrogen-bond acceptors (Lipinski definition) is 4. The molecule has 1 atom stereocenters. The number of rotatable bonds is 7. The molecular weight excluding hydrogens is 234 g/mol. The molecule has 0 bridgehead atoms. The number of nitrogens with zero attached hydrogens (tertiary/aromatic N) is 1. The number of carbonyl (C=O) groups is 1. The summed E-state index contributed by atoms with van der Waals surface area (Å²) >= 11 is 0. The van der Waals surface area contributed by atoms with Gasteiger partial charge in [0.15, 0.2) is 5.54 Å². The van der Waals surface area contributed by atoms with Crippen molar-refractivity contribution in [2.45, 2.75) is 38.1 Å². The monoisotopic (exact) mass is 253 g/mol. The third-order valence-electron chi connectivity index (χ3n) is 3.06. The number of unbranched alkanes of at least 4 members (excludes halogenated alkanes) is 1. The molecule has 0 amide bonds. The van der Waals surface area contributed by atoms with Gasteiger partial charge in [-0.3, -0.25) is 15.2 Å². The van der Waals surface area contributed by atoms with Gasteiger partial charge in [-0.05, 0) is 12.0 Å². The first-order valence-electron chi connectivity index (χ1n) is 5.98. The molecule has 0 aliphatic heterocycles. The molecule has 0 aliphatic carbocycles. The normalized spacial score (nSPS) is 14.4. The van der Waals surface area contributed by atoms with Gasteiger partial charge in [-0.1, -0.05) is 55.3 Å². The van der Waals surface area contributed by atoms with Crippen LogP contribution in [0, 0.1) is 0 Å². The second-order valence-corrected chi connectivity index (χ2v) is 4.39. The maximum Gasteiger partial charge on any atom is 0.329 e. The van der Waals surface area contributed by atoms with E-state index in [1.807, 2.05) is 13.0 Å². The molecule has 0 unspecified atom stereocenters. The summed E-state index contributed by atoms with van der Waals surface area (Å²) in [7, 11) is 0. The lowest BCUT2D eigenvalue weighted by atomic mass is 9.86. The Labute approximate surface area is 106 Å². The summed E-state index contributed by atoms with van der Waals surface area (Å²) in [6.45, 7) is 1.92. The SMILES string of the molecule is CCCC[C@](Cc1ccccc1)(C(=O)O)N(O)O. The number of aliphatic carboxylic acids is 1. The van der Waals surface area contributed by atoms with Gasteiger partial charge in [-0.15, -0.1) is 0 Å². The van der Waals surface area contributed by atoms with Gasteiger partial charge >= 0.3 is 5.97 Å². The van der Waals surface area contributed by atoms with Crippen molar-refractivity contribution < 1.29 is 20.3 Å². The van der Waals surface area contributed by atoms with E-state index in [1.54, 1.807) is 24.3 Å². The molecule has 1 aromatic rings. The topological polar surface area (TPSA) is 81.0 Å². The summed E-state index contributed by atoms with van der Waals surface area (Å²) in [5.41, 5.74) is -0.929. The van der Waals surface area contributed by atoms with E-state index < -0.39 is 11.5 Å². The first-order valence-corrected chi connectivity index (χ1v) is 5.98. The number of hydrogen-bond donors (Lipinski definition) is 3. The van der Waals surface area contributed by atoms with Crippen molar-refractivity contribution in [3.8, 4) is 0 Å². The highest BCUT2D eigenvalue weighted by Gasteiger charge is 2.44. The van der Waals surface area contributed by atoms with Crippen LogP contribution in [0.2, 0.25) is 0 Å². The minimum absolute atomic E-state index is 0.0518. The van der Waals surface area contributed by atoms with E-state index in [9.17, 15) is 20.3 Å².